The minimum Gasteiger partial charge on any atom is -0.452 e. The molecule has 1 aromatic heterocycles. The van der Waals surface area contributed by atoms with Gasteiger partial charge in [-0.2, -0.15) is 0 Å². The Kier molecular flexibility index (Phi) is 4.37. The van der Waals surface area contributed by atoms with E-state index in [-0.39, 0.29) is 34.0 Å². The molecule has 1 aromatic carbocycles. The molecule has 0 radical (unpaired) electrons. The van der Waals surface area contributed by atoms with Gasteiger partial charge in [0.05, 0.1) is 17.9 Å². The lowest BCUT2D eigenvalue weighted by Crippen LogP contribution is -2.36. The van der Waals surface area contributed by atoms with Gasteiger partial charge in [0.2, 0.25) is 5.22 Å². The molecule has 0 aliphatic heterocycles. The molecular weight excluding hydrogens is 293 g/mol. The number of hydrogen-bond donors (Lipinski definition) is 1. The van der Waals surface area contributed by atoms with E-state index in [0.717, 1.165) is 5.56 Å². The molecule has 1 atom stereocenters. The minimum atomic E-state index is -0.321. The van der Waals surface area contributed by atoms with Crippen molar-refractivity contribution < 1.29 is 13.6 Å². The zero-order chi connectivity index (χ0) is 15.6. The number of rotatable bonds is 3. The van der Waals surface area contributed by atoms with Crippen LogP contribution in [0.5, 0.6) is 0 Å². The van der Waals surface area contributed by atoms with Crippen LogP contribution in [0.4, 0.5) is 4.39 Å². The van der Waals surface area contributed by atoms with Gasteiger partial charge in [0.15, 0.2) is 0 Å². The standard InChI is InChI=1S/C16H17ClFNO2/c1-16(2,3)13(10-4-6-11(18)7-5-10)19-15(20)12-8-9-21-14(12)17/h4-9,13H,1-3H3,(H,19,20). The molecule has 1 amide bonds. The number of nitrogens with one attached hydrogen (secondary N) is 1. The molecule has 2 rings (SSSR count). The normalized spacial score (nSPS) is 13.0. The highest BCUT2D eigenvalue weighted by Gasteiger charge is 2.29. The largest absolute Gasteiger partial charge is 0.452 e. The average Bonchev–Trinajstić information content (AvgIpc) is 2.82. The third-order valence-electron chi connectivity index (χ3n) is 3.21. The molecule has 0 bridgehead atoms. The van der Waals surface area contributed by atoms with E-state index >= 15 is 0 Å². The first kappa shape index (κ1) is 15.6. The van der Waals surface area contributed by atoms with Gasteiger partial charge in [-0.15, -0.1) is 0 Å². The summed E-state index contributed by atoms with van der Waals surface area (Å²) in [5.41, 5.74) is 0.869. The van der Waals surface area contributed by atoms with Crippen molar-refractivity contribution in [2.45, 2.75) is 26.8 Å². The van der Waals surface area contributed by atoms with Crippen molar-refractivity contribution in [3.63, 3.8) is 0 Å². The Bertz CT molecular complexity index is 628. The predicted octanol–water partition coefficient (Wildman–Crippen LogP) is 4.59. The van der Waals surface area contributed by atoms with Crippen molar-refractivity contribution in [2.75, 3.05) is 0 Å². The monoisotopic (exact) mass is 309 g/mol. The van der Waals surface area contributed by atoms with Crippen LogP contribution in [-0.4, -0.2) is 5.91 Å². The molecule has 1 unspecified atom stereocenters. The lowest BCUT2D eigenvalue weighted by molar-refractivity contribution is 0.0901. The van der Waals surface area contributed by atoms with Crippen LogP contribution in [0, 0.1) is 11.2 Å². The van der Waals surface area contributed by atoms with Gasteiger partial charge in [-0.25, -0.2) is 4.39 Å². The number of furan rings is 1. The molecule has 1 heterocycles. The summed E-state index contributed by atoms with van der Waals surface area (Å²) in [7, 11) is 0. The quantitative estimate of drug-likeness (QED) is 0.901. The molecular formula is C16H17ClFNO2. The van der Waals surface area contributed by atoms with Gasteiger partial charge in [0.25, 0.3) is 5.91 Å². The van der Waals surface area contributed by atoms with Gasteiger partial charge < -0.3 is 9.73 Å². The lowest BCUT2D eigenvalue weighted by Gasteiger charge is -2.32. The maximum Gasteiger partial charge on any atom is 0.256 e. The predicted molar refractivity (Wildman–Crippen MR) is 79.8 cm³/mol. The summed E-state index contributed by atoms with van der Waals surface area (Å²) in [5.74, 6) is -0.631. The smallest absolute Gasteiger partial charge is 0.256 e. The summed E-state index contributed by atoms with van der Waals surface area (Å²) in [5, 5.41) is 2.98. The Balaban J connectivity index is 2.28. The summed E-state index contributed by atoms with van der Waals surface area (Å²) < 4.78 is 18.0. The first-order valence-electron chi connectivity index (χ1n) is 6.58. The lowest BCUT2D eigenvalue weighted by atomic mass is 9.82. The molecule has 112 valence electrons. The summed E-state index contributed by atoms with van der Waals surface area (Å²) in [4.78, 5) is 12.3. The van der Waals surface area contributed by atoms with Crippen molar-refractivity contribution >= 4 is 17.5 Å². The average molecular weight is 310 g/mol. The molecule has 0 aliphatic carbocycles. The van der Waals surface area contributed by atoms with Crippen LogP contribution in [0.3, 0.4) is 0 Å². The first-order chi connectivity index (χ1) is 9.79. The fourth-order valence-electron chi connectivity index (χ4n) is 2.12. The van der Waals surface area contributed by atoms with Gasteiger partial charge in [-0.1, -0.05) is 32.9 Å². The molecule has 21 heavy (non-hydrogen) atoms. The fourth-order valence-corrected chi connectivity index (χ4v) is 2.32. The fraction of sp³-hybridized carbons (Fsp3) is 0.312. The van der Waals surface area contributed by atoms with E-state index in [1.54, 1.807) is 12.1 Å². The van der Waals surface area contributed by atoms with Crippen LogP contribution in [0.25, 0.3) is 0 Å². The van der Waals surface area contributed by atoms with E-state index in [1.165, 1.54) is 24.5 Å². The van der Waals surface area contributed by atoms with Gasteiger partial charge in [0.1, 0.15) is 5.82 Å². The van der Waals surface area contributed by atoms with E-state index < -0.39 is 0 Å². The third-order valence-corrected chi connectivity index (χ3v) is 3.50. The van der Waals surface area contributed by atoms with Gasteiger partial charge in [-0.3, -0.25) is 4.79 Å². The zero-order valence-corrected chi connectivity index (χ0v) is 12.9. The highest BCUT2D eigenvalue weighted by atomic mass is 35.5. The first-order valence-corrected chi connectivity index (χ1v) is 6.96. The number of amides is 1. The molecule has 0 spiro atoms. The van der Waals surface area contributed by atoms with Crippen molar-refractivity contribution in [1.29, 1.82) is 0 Å². The van der Waals surface area contributed by atoms with Crippen LogP contribution in [0.1, 0.15) is 42.7 Å². The van der Waals surface area contributed by atoms with Crippen LogP contribution >= 0.6 is 11.6 Å². The van der Waals surface area contributed by atoms with E-state index in [0.29, 0.717) is 0 Å². The van der Waals surface area contributed by atoms with Crippen molar-refractivity contribution in [3.8, 4) is 0 Å². The number of carbonyl (C=O) groups is 1. The van der Waals surface area contributed by atoms with Crippen molar-refractivity contribution in [1.82, 2.24) is 5.32 Å². The summed E-state index contributed by atoms with van der Waals surface area (Å²) in [6.45, 7) is 5.99. The van der Waals surface area contributed by atoms with Crippen molar-refractivity contribution in [2.24, 2.45) is 5.41 Å². The Hall–Kier alpha value is -1.81. The van der Waals surface area contributed by atoms with E-state index in [9.17, 15) is 9.18 Å². The number of carbonyl (C=O) groups excluding carboxylic acids is 1. The van der Waals surface area contributed by atoms with E-state index in [4.69, 9.17) is 16.0 Å². The Morgan fingerprint density at radius 3 is 2.33 bits per heavy atom. The molecule has 0 saturated heterocycles. The van der Waals surface area contributed by atoms with E-state index in [1.807, 2.05) is 20.8 Å². The molecule has 0 aliphatic rings. The molecule has 5 heteroatoms. The Labute approximate surface area is 128 Å². The van der Waals surface area contributed by atoms with Crippen LogP contribution in [0.15, 0.2) is 41.0 Å². The molecule has 3 nitrogen and oxygen atoms in total. The highest BCUT2D eigenvalue weighted by molar-refractivity contribution is 6.32. The summed E-state index contributed by atoms with van der Waals surface area (Å²) in [6, 6.07) is 7.33. The van der Waals surface area contributed by atoms with Crippen LogP contribution in [0.2, 0.25) is 5.22 Å². The topological polar surface area (TPSA) is 42.2 Å². The second-order valence-corrected chi connectivity index (χ2v) is 6.28. The van der Waals surface area contributed by atoms with Gasteiger partial charge >= 0.3 is 0 Å². The Morgan fingerprint density at radius 2 is 1.86 bits per heavy atom. The maximum atomic E-state index is 13.1. The number of hydrogen-bond acceptors (Lipinski definition) is 2. The van der Waals surface area contributed by atoms with Gasteiger partial charge in [-0.05, 0) is 40.8 Å². The second kappa shape index (κ2) is 5.90. The maximum absolute atomic E-state index is 13.1. The molecule has 2 aromatic rings. The number of halogens is 2. The second-order valence-electron chi connectivity index (χ2n) is 5.93. The summed E-state index contributed by atoms with van der Waals surface area (Å²) in [6.07, 6.45) is 1.36. The Morgan fingerprint density at radius 1 is 1.24 bits per heavy atom. The molecule has 1 N–H and O–H groups in total. The van der Waals surface area contributed by atoms with Gasteiger partial charge in [0, 0.05) is 0 Å². The number of benzene rings is 1. The highest BCUT2D eigenvalue weighted by Crippen LogP contribution is 2.33. The van der Waals surface area contributed by atoms with Crippen LogP contribution in [-0.2, 0) is 0 Å². The summed E-state index contributed by atoms with van der Waals surface area (Å²) >= 11 is 5.82. The third kappa shape index (κ3) is 3.64. The zero-order valence-electron chi connectivity index (χ0n) is 12.1. The molecule has 0 saturated carbocycles. The molecule has 0 fully saturated rings. The van der Waals surface area contributed by atoms with E-state index in [2.05, 4.69) is 5.32 Å². The van der Waals surface area contributed by atoms with Crippen molar-refractivity contribution in [3.05, 3.63) is 58.8 Å². The minimum absolute atomic E-state index is 0.0549. The SMILES string of the molecule is CC(C)(C)C(NC(=O)c1ccoc1Cl)c1ccc(F)cc1. The van der Waals surface area contributed by atoms with Crippen LogP contribution < -0.4 is 5.32 Å².